The van der Waals surface area contributed by atoms with Crippen LogP contribution in [0, 0.1) is 0 Å². The third kappa shape index (κ3) is 2.92. The van der Waals surface area contributed by atoms with E-state index in [-0.39, 0.29) is 6.04 Å². The van der Waals surface area contributed by atoms with Crippen molar-refractivity contribution in [3.63, 3.8) is 0 Å². The predicted octanol–water partition coefficient (Wildman–Crippen LogP) is 4.39. The number of nitrogens with zero attached hydrogens (tertiary/aromatic N) is 1. The molecule has 0 fully saturated rings. The van der Waals surface area contributed by atoms with Gasteiger partial charge >= 0.3 is 0 Å². The monoisotopic (exact) mass is 346 g/mol. The standard InChI is InChI=1S/C17H19BrN2O/c1-12(19)14-8-7-13(11-15(14)18)20-9-4-10-21-17-6-3-2-5-16(17)20/h2-3,5-8,11-12H,4,9-10,19H2,1H3. The first-order valence-electron chi connectivity index (χ1n) is 7.21. The molecule has 0 saturated heterocycles. The molecule has 1 atom stereocenters. The summed E-state index contributed by atoms with van der Waals surface area (Å²) in [6.07, 6.45) is 1.00. The van der Waals surface area contributed by atoms with Crippen LogP contribution in [0.3, 0.4) is 0 Å². The van der Waals surface area contributed by atoms with Gasteiger partial charge in [0.1, 0.15) is 5.75 Å². The summed E-state index contributed by atoms with van der Waals surface area (Å²) < 4.78 is 6.87. The maximum Gasteiger partial charge on any atom is 0.142 e. The Morgan fingerprint density at radius 1 is 1.24 bits per heavy atom. The highest BCUT2D eigenvalue weighted by atomic mass is 79.9. The predicted molar refractivity (Wildman–Crippen MR) is 90.3 cm³/mol. The van der Waals surface area contributed by atoms with Crippen molar-refractivity contribution in [2.75, 3.05) is 18.1 Å². The van der Waals surface area contributed by atoms with E-state index in [9.17, 15) is 0 Å². The molecule has 0 aromatic heterocycles. The molecule has 0 saturated carbocycles. The van der Waals surface area contributed by atoms with Gasteiger partial charge in [-0.2, -0.15) is 0 Å². The van der Waals surface area contributed by atoms with Crippen molar-refractivity contribution in [2.24, 2.45) is 5.73 Å². The molecule has 4 heteroatoms. The maximum absolute atomic E-state index is 5.98. The van der Waals surface area contributed by atoms with Crippen LogP contribution in [0.2, 0.25) is 0 Å². The van der Waals surface area contributed by atoms with Crippen molar-refractivity contribution in [3.05, 3.63) is 52.5 Å². The summed E-state index contributed by atoms with van der Waals surface area (Å²) in [7, 11) is 0. The molecule has 1 aliphatic rings. The van der Waals surface area contributed by atoms with Gasteiger partial charge in [0.05, 0.1) is 12.3 Å². The molecule has 2 aromatic carbocycles. The van der Waals surface area contributed by atoms with Crippen LogP contribution < -0.4 is 15.4 Å². The first-order valence-corrected chi connectivity index (χ1v) is 8.00. The van der Waals surface area contributed by atoms with E-state index in [1.54, 1.807) is 0 Å². The Morgan fingerprint density at radius 2 is 2.05 bits per heavy atom. The summed E-state index contributed by atoms with van der Waals surface area (Å²) in [6, 6.07) is 14.6. The zero-order valence-corrected chi connectivity index (χ0v) is 13.6. The lowest BCUT2D eigenvalue weighted by Gasteiger charge is -2.25. The second kappa shape index (κ2) is 6.08. The number of hydrogen-bond acceptors (Lipinski definition) is 3. The minimum Gasteiger partial charge on any atom is -0.491 e. The molecule has 110 valence electrons. The van der Waals surface area contributed by atoms with Crippen LogP contribution in [0.15, 0.2) is 46.9 Å². The van der Waals surface area contributed by atoms with E-state index in [1.165, 1.54) is 0 Å². The fraction of sp³-hybridized carbons (Fsp3) is 0.294. The van der Waals surface area contributed by atoms with Gasteiger partial charge in [0.2, 0.25) is 0 Å². The molecule has 1 heterocycles. The number of fused-ring (bicyclic) bond motifs is 1. The topological polar surface area (TPSA) is 38.5 Å². The van der Waals surface area contributed by atoms with Crippen LogP contribution in [0.5, 0.6) is 5.75 Å². The van der Waals surface area contributed by atoms with Crippen molar-refractivity contribution in [2.45, 2.75) is 19.4 Å². The Bertz CT molecular complexity index is 642. The highest BCUT2D eigenvalue weighted by Crippen LogP contribution is 2.37. The summed E-state index contributed by atoms with van der Waals surface area (Å²) in [5.74, 6) is 0.947. The summed E-state index contributed by atoms with van der Waals surface area (Å²) in [4.78, 5) is 2.30. The first-order chi connectivity index (χ1) is 10.2. The average Bonchev–Trinajstić information content (AvgIpc) is 2.69. The fourth-order valence-electron chi connectivity index (χ4n) is 2.65. The Labute approximate surface area is 133 Å². The van der Waals surface area contributed by atoms with Gasteiger partial charge < -0.3 is 15.4 Å². The highest BCUT2D eigenvalue weighted by Gasteiger charge is 2.18. The third-order valence-corrected chi connectivity index (χ3v) is 4.41. The van der Waals surface area contributed by atoms with Gasteiger partial charge in [0.15, 0.2) is 0 Å². The van der Waals surface area contributed by atoms with E-state index in [2.05, 4.69) is 45.1 Å². The third-order valence-electron chi connectivity index (χ3n) is 3.73. The normalized spacial score (nSPS) is 15.9. The molecule has 3 rings (SSSR count). The van der Waals surface area contributed by atoms with Gasteiger partial charge in [-0.3, -0.25) is 0 Å². The van der Waals surface area contributed by atoms with Crippen molar-refractivity contribution in [1.82, 2.24) is 0 Å². The zero-order valence-electron chi connectivity index (χ0n) is 12.1. The number of anilines is 2. The fourth-order valence-corrected chi connectivity index (χ4v) is 3.38. The van der Waals surface area contributed by atoms with E-state index < -0.39 is 0 Å². The smallest absolute Gasteiger partial charge is 0.142 e. The van der Waals surface area contributed by atoms with Crippen molar-refractivity contribution < 1.29 is 4.74 Å². The number of rotatable bonds is 2. The van der Waals surface area contributed by atoms with E-state index in [0.29, 0.717) is 0 Å². The molecule has 0 radical (unpaired) electrons. The summed E-state index contributed by atoms with van der Waals surface area (Å²) in [6.45, 7) is 3.70. The maximum atomic E-state index is 5.98. The van der Waals surface area contributed by atoms with Crippen LogP contribution in [0.25, 0.3) is 0 Å². The molecule has 0 bridgehead atoms. The Kier molecular flexibility index (Phi) is 4.17. The molecule has 3 nitrogen and oxygen atoms in total. The van der Waals surface area contributed by atoms with Gasteiger partial charge in [-0.1, -0.05) is 34.1 Å². The number of halogens is 1. The molecule has 0 spiro atoms. The van der Waals surface area contributed by atoms with Gasteiger partial charge in [-0.25, -0.2) is 0 Å². The molecule has 1 aliphatic heterocycles. The second-order valence-corrected chi connectivity index (χ2v) is 6.17. The van der Waals surface area contributed by atoms with E-state index >= 15 is 0 Å². The van der Waals surface area contributed by atoms with Crippen LogP contribution in [-0.2, 0) is 0 Å². The lowest BCUT2D eigenvalue weighted by Crippen LogP contribution is -2.18. The molecule has 2 aromatic rings. The van der Waals surface area contributed by atoms with E-state index in [4.69, 9.17) is 10.5 Å². The van der Waals surface area contributed by atoms with E-state index in [1.807, 2.05) is 25.1 Å². The van der Waals surface area contributed by atoms with Gasteiger partial charge in [0.25, 0.3) is 0 Å². The van der Waals surface area contributed by atoms with Gasteiger partial charge in [-0.05, 0) is 43.2 Å². The van der Waals surface area contributed by atoms with E-state index in [0.717, 1.165) is 46.7 Å². The van der Waals surface area contributed by atoms with Crippen LogP contribution in [-0.4, -0.2) is 13.2 Å². The first kappa shape index (κ1) is 14.4. The molecule has 2 N–H and O–H groups in total. The van der Waals surface area contributed by atoms with Gasteiger partial charge in [0, 0.05) is 22.7 Å². The highest BCUT2D eigenvalue weighted by molar-refractivity contribution is 9.10. The Hall–Kier alpha value is -1.52. The number of ether oxygens (including phenoxy) is 1. The number of nitrogens with two attached hydrogens (primary N) is 1. The zero-order chi connectivity index (χ0) is 14.8. The quantitative estimate of drug-likeness (QED) is 0.876. The largest absolute Gasteiger partial charge is 0.491 e. The van der Waals surface area contributed by atoms with Crippen LogP contribution in [0.1, 0.15) is 24.9 Å². The molecule has 21 heavy (non-hydrogen) atoms. The van der Waals surface area contributed by atoms with Crippen LogP contribution in [0.4, 0.5) is 11.4 Å². The minimum atomic E-state index is 0.0215. The summed E-state index contributed by atoms with van der Waals surface area (Å²) in [5, 5.41) is 0. The summed E-state index contributed by atoms with van der Waals surface area (Å²) in [5.41, 5.74) is 9.38. The second-order valence-electron chi connectivity index (χ2n) is 5.32. The Morgan fingerprint density at radius 3 is 2.81 bits per heavy atom. The van der Waals surface area contributed by atoms with Crippen LogP contribution >= 0.6 is 15.9 Å². The van der Waals surface area contributed by atoms with Crippen molar-refractivity contribution in [1.29, 1.82) is 0 Å². The van der Waals surface area contributed by atoms with Crippen molar-refractivity contribution >= 4 is 27.3 Å². The lowest BCUT2D eigenvalue weighted by atomic mass is 10.1. The molecular formula is C17H19BrN2O. The average molecular weight is 347 g/mol. The molecule has 1 unspecified atom stereocenters. The molecule has 0 aliphatic carbocycles. The Balaban J connectivity index is 2.02. The number of para-hydroxylation sites is 2. The number of benzene rings is 2. The lowest BCUT2D eigenvalue weighted by molar-refractivity contribution is 0.322. The molecular weight excluding hydrogens is 328 g/mol. The van der Waals surface area contributed by atoms with Crippen molar-refractivity contribution in [3.8, 4) is 5.75 Å². The SMILES string of the molecule is CC(N)c1ccc(N2CCCOc3ccccc32)cc1Br. The minimum absolute atomic E-state index is 0.0215. The number of hydrogen-bond donors (Lipinski definition) is 1. The summed E-state index contributed by atoms with van der Waals surface area (Å²) >= 11 is 3.64. The van der Waals surface area contributed by atoms with Gasteiger partial charge in [-0.15, -0.1) is 0 Å². The molecule has 0 amide bonds.